The molecule has 1 aromatic heterocycles. The van der Waals surface area contributed by atoms with E-state index in [2.05, 4.69) is 25.5 Å². The van der Waals surface area contributed by atoms with Crippen molar-refractivity contribution in [3.63, 3.8) is 0 Å². The molecule has 114 valence electrons. The maximum atomic E-state index is 11.9. The van der Waals surface area contributed by atoms with E-state index in [1.54, 1.807) is 36.7 Å². The SMILES string of the molecule is O=C(Nc1cnc(N2CCCC2)nc1)Nc1ccccc1Cl. The van der Waals surface area contributed by atoms with Crippen molar-refractivity contribution in [2.24, 2.45) is 0 Å². The number of hydrogen-bond acceptors (Lipinski definition) is 4. The molecule has 2 N–H and O–H groups in total. The Bertz CT molecular complexity index is 655. The zero-order valence-corrected chi connectivity index (χ0v) is 12.7. The summed E-state index contributed by atoms with van der Waals surface area (Å²) in [6.07, 6.45) is 5.55. The Hall–Kier alpha value is -2.34. The maximum Gasteiger partial charge on any atom is 0.323 e. The highest BCUT2D eigenvalue weighted by Gasteiger charge is 2.14. The molecular weight excluding hydrogens is 302 g/mol. The minimum Gasteiger partial charge on any atom is -0.341 e. The number of anilines is 3. The molecule has 1 fully saturated rings. The molecular formula is C15H16ClN5O. The van der Waals surface area contributed by atoms with Gasteiger partial charge in [0.2, 0.25) is 5.95 Å². The van der Waals surface area contributed by atoms with Gasteiger partial charge in [0, 0.05) is 13.1 Å². The number of nitrogens with one attached hydrogen (secondary N) is 2. The molecule has 0 radical (unpaired) electrons. The van der Waals surface area contributed by atoms with Gasteiger partial charge in [-0.15, -0.1) is 0 Å². The van der Waals surface area contributed by atoms with E-state index in [9.17, 15) is 4.79 Å². The van der Waals surface area contributed by atoms with Crippen LogP contribution < -0.4 is 15.5 Å². The molecule has 3 rings (SSSR count). The molecule has 1 aliphatic heterocycles. The largest absolute Gasteiger partial charge is 0.341 e. The van der Waals surface area contributed by atoms with E-state index in [1.807, 2.05) is 0 Å². The first-order valence-corrected chi connectivity index (χ1v) is 7.50. The van der Waals surface area contributed by atoms with E-state index >= 15 is 0 Å². The van der Waals surface area contributed by atoms with E-state index in [1.165, 1.54) is 12.8 Å². The normalized spacial score (nSPS) is 14.0. The first-order chi connectivity index (χ1) is 10.7. The van der Waals surface area contributed by atoms with Crippen molar-refractivity contribution >= 4 is 35.0 Å². The third-order valence-corrected chi connectivity index (χ3v) is 3.74. The predicted molar refractivity (Wildman–Crippen MR) is 87.6 cm³/mol. The van der Waals surface area contributed by atoms with Crippen molar-refractivity contribution in [2.45, 2.75) is 12.8 Å². The molecule has 0 spiro atoms. The lowest BCUT2D eigenvalue weighted by molar-refractivity contribution is 0.262. The van der Waals surface area contributed by atoms with Crippen LogP contribution in [-0.2, 0) is 0 Å². The molecule has 6 nitrogen and oxygen atoms in total. The van der Waals surface area contributed by atoms with Gasteiger partial charge in [0.1, 0.15) is 0 Å². The van der Waals surface area contributed by atoms with Crippen LogP contribution in [0.1, 0.15) is 12.8 Å². The number of urea groups is 1. The number of carbonyl (C=O) groups is 1. The topological polar surface area (TPSA) is 70.2 Å². The Labute approximate surface area is 133 Å². The first-order valence-electron chi connectivity index (χ1n) is 7.12. The summed E-state index contributed by atoms with van der Waals surface area (Å²) in [5.74, 6) is 0.703. The average molecular weight is 318 g/mol. The predicted octanol–water partition coefficient (Wildman–Crippen LogP) is 3.37. The molecule has 2 amide bonds. The lowest BCUT2D eigenvalue weighted by atomic mass is 10.3. The highest BCUT2D eigenvalue weighted by atomic mass is 35.5. The Morgan fingerprint density at radius 2 is 1.77 bits per heavy atom. The number of benzene rings is 1. The van der Waals surface area contributed by atoms with E-state index in [0.29, 0.717) is 22.3 Å². The molecule has 1 aromatic carbocycles. The molecule has 7 heteroatoms. The smallest absolute Gasteiger partial charge is 0.323 e. The van der Waals surface area contributed by atoms with Crippen LogP contribution in [0.4, 0.5) is 22.1 Å². The van der Waals surface area contributed by atoms with Gasteiger partial charge in [-0.05, 0) is 25.0 Å². The molecule has 0 bridgehead atoms. The third kappa shape index (κ3) is 3.46. The van der Waals surface area contributed by atoms with Crippen LogP contribution in [0.5, 0.6) is 0 Å². The average Bonchev–Trinajstić information content (AvgIpc) is 3.05. The van der Waals surface area contributed by atoms with Gasteiger partial charge in [-0.1, -0.05) is 23.7 Å². The molecule has 22 heavy (non-hydrogen) atoms. The molecule has 0 saturated carbocycles. The number of halogens is 1. The van der Waals surface area contributed by atoms with E-state index in [0.717, 1.165) is 13.1 Å². The fraction of sp³-hybridized carbons (Fsp3) is 0.267. The number of para-hydroxylation sites is 1. The zero-order chi connectivity index (χ0) is 15.4. The van der Waals surface area contributed by atoms with Crippen LogP contribution in [-0.4, -0.2) is 29.1 Å². The number of amides is 2. The summed E-state index contributed by atoms with van der Waals surface area (Å²) in [4.78, 5) is 22.6. The second-order valence-corrected chi connectivity index (χ2v) is 5.43. The lowest BCUT2D eigenvalue weighted by Gasteiger charge is -2.15. The second-order valence-electron chi connectivity index (χ2n) is 5.02. The summed E-state index contributed by atoms with van der Waals surface area (Å²) >= 11 is 5.99. The number of hydrogen-bond donors (Lipinski definition) is 2. The van der Waals surface area contributed by atoms with E-state index in [4.69, 9.17) is 11.6 Å². The summed E-state index contributed by atoms with van der Waals surface area (Å²) in [6, 6.07) is 6.66. The minimum atomic E-state index is -0.384. The van der Waals surface area contributed by atoms with Gasteiger partial charge >= 0.3 is 6.03 Å². The summed E-state index contributed by atoms with van der Waals surface area (Å²) in [6.45, 7) is 1.97. The maximum absolute atomic E-state index is 11.9. The second kappa shape index (κ2) is 6.62. The monoisotopic (exact) mass is 317 g/mol. The Morgan fingerprint density at radius 1 is 1.09 bits per heavy atom. The Kier molecular flexibility index (Phi) is 4.39. The fourth-order valence-corrected chi connectivity index (χ4v) is 2.50. The summed E-state index contributed by atoms with van der Waals surface area (Å²) < 4.78 is 0. The summed E-state index contributed by atoms with van der Waals surface area (Å²) in [5, 5.41) is 5.85. The molecule has 2 aromatic rings. The molecule has 1 aliphatic rings. The van der Waals surface area contributed by atoms with Crippen molar-refractivity contribution < 1.29 is 4.79 Å². The van der Waals surface area contributed by atoms with Crippen LogP contribution in [0.25, 0.3) is 0 Å². The van der Waals surface area contributed by atoms with Gasteiger partial charge in [-0.2, -0.15) is 0 Å². The number of nitrogens with zero attached hydrogens (tertiary/aromatic N) is 3. The third-order valence-electron chi connectivity index (χ3n) is 3.41. The Morgan fingerprint density at radius 3 is 2.45 bits per heavy atom. The fourth-order valence-electron chi connectivity index (χ4n) is 2.31. The van der Waals surface area contributed by atoms with Gasteiger partial charge in [-0.3, -0.25) is 0 Å². The van der Waals surface area contributed by atoms with Crippen molar-refractivity contribution in [2.75, 3.05) is 28.6 Å². The standard InChI is InChI=1S/C15H16ClN5O/c16-12-5-1-2-6-13(12)20-15(22)19-11-9-17-14(18-10-11)21-7-3-4-8-21/h1-2,5-6,9-10H,3-4,7-8H2,(H2,19,20,22). The van der Waals surface area contributed by atoms with E-state index < -0.39 is 0 Å². The number of rotatable bonds is 3. The highest BCUT2D eigenvalue weighted by Crippen LogP contribution is 2.21. The summed E-state index contributed by atoms with van der Waals surface area (Å²) in [7, 11) is 0. The van der Waals surface area contributed by atoms with Gasteiger partial charge in [0.05, 0.1) is 28.8 Å². The minimum absolute atomic E-state index is 0.384. The van der Waals surface area contributed by atoms with Crippen molar-refractivity contribution in [3.05, 3.63) is 41.7 Å². The Balaban J connectivity index is 1.60. The van der Waals surface area contributed by atoms with E-state index in [-0.39, 0.29) is 6.03 Å². The van der Waals surface area contributed by atoms with Crippen LogP contribution in [0.3, 0.4) is 0 Å². The zero-order valence-electron chi connectivity index (χ0n) is 11.9. The van der Waals surface area contributed by atoms with Crippen molar-refractivity contribution in [1.82, 2.24) is 9.97 Å². The van der Waals surface area contributed by atoms with Gasteiger partial charge in [0.15, 0.2) is 0 Å². The number of aromatic nitrogens is 2. The molecule has 0 aliphatic carbocycles. The number of carbonyl (C=O) groups excluding carboxylic acids is 1. The van der Waals surface area contributed by atoms with Crippen molar-refractivity contribution in [3.8, 4) is 0 Å². The van der Waals surface area contributed by atoms with Crippen LogP contribution in [0.2, 0.25) is 5.02 Å². The van der Waals surface area contributed by atoms with Gasteiger partial charge in [0.25, 0.3) is 0 Å². The molecule has 1 saturated heterocycles. The van der Waals surface area contributed by atoms with Crippen LogP contribution >= 0.6 is 11.6 Å². The van der Waals surface area contributed by atoms with Crippen molar-refractivity contribution in [1.29, 1.82) is 0 Å². The van der Waals surface area contributed by atoms with Gasteiger partial charge in [-0.25, -0.2) is 14.8 Å². The molecule has 2 heterocycles. The summed E-state index contributed by atoms with van der Waals surface area (Å²) in [5.41, 5.74) is 1.09. The first kappa shape index (κ1) is 14.6. The quantitative estimate of drug-likeness (QED) is 0.910. The lowest BCUT2D eigenvalue weighted by Crippen LogP contribution is -2.22. The molecule has 0 unspecified atom stereocenters. The molecule has 0 atom stereocenters. The van der Waals surface area contributed by atoms with Crippen LogP contribution in [0, 0.1) is 0 Å². The van der Waals surface area contributed by atoms with Gasteiger partial charge < -0.3 is 15.5 Å². The van der Waals surface area contributed by atoms with Crippen LogP contribution in [0.15, 0.2) is 36.7 Å². The highest BCUT2D eigenvalue weighted by molar-refractivity contribution is 6.33.